The molecule has 0 saturated carbocycles. The lowest BCUT2D eigenvalue weighted by atomic mass is 10.1. The van der Waals surface area contributed by atoms with Crippen molar-refractivity contribution in [3.05, 3.63) is 30.3 Å². The first-order valence-corrected chi connectivity index (χ1v) is 4.54. The van der Waals surface area contributed by atoms with Crippen molar-refractivity contribution in [1.29, 1.82) is 0 Å². The van der Waals surface area contributed by atoms with Crippen molar-refractivity contribution in [2.75, 3.05) is 12.8 Å². The largest absolute Gasteiger partial charge is 0.505 e. The van der Waals surface area contributed by atoms with Crippen LogP contribution in [0.1, 0.15) is 0 Å². The molecule has 3 N–H and O–H groups in total. The van der Waals surface area contributed by atoms with Crippen LogP contribution in [0.15, 0.2) is 40.6 Å². The second-order valence-corrected chi connectivity index (χ2v) is 3.18. The number of hydrogen-bond donors (Lipinski definition) is 2. The monoisotopic (exact) mass is 201 g/mol. The third-order valence-corrected chi connectivity index (χ3v) is 2.24. The molecule has 0 heterocycles. The van der Waals surface area contributed by atoms with E-state index in [-0.39, 0.29) is 5.75 Å². The van der Waals surface area contributed by atoms with E-state index in [9.17, 15) is 5.11 Å². The molecule has 4 nitrogen and oxygen atoms in total. The third kappa shape index (κ3) is 1.50. The fraction of sp³-hybridized carbons (Fsp3) is 0.0909. The summed E-state index contributed by atoms with van der Waals surface area (Å²) in [4.78, 5) is 0. The Hall–Kier alpha value is -2.10. The molecule has 76 valence electrons. The predicted octanol–water partition coefficient (Wildman–Crippen LogP) is 2.84. The van der Waals surface area contributed by atoms with Gasteiger partial charge in [-0.3, -0.25) is 0 Å². The molecule has 0 amide bonds. The number of rotatable bonds is 1. The number of nitrogens with two attached hydrogens (primary N) is 1. The van der Waals surface area contributed by atoms with Gasteiger partial charge in [0.2, 0.25) is 0 Å². The zero-order valence-corrected chi connectivity index (χ0v) is 8.31. The summed E-state index contributed by atoms with van der Waals surface area (Å²) in [5.74, 6) is 0.0798. The quantitative estimate of drug-likeness (QED) is 0.550. The Morgan fingerprint density at radius 1 is 1.20 bits per heavy atom. The smallest absolute Gasteiger partial charge is 0.152 e. The number of nitrogens with zero attached hydrogens (tertiary/aromatic N) is 2. The Morgan fingerprint density at radius 2 is 2.00 bits per heavy atom. The topological polar surface area (TPSA) is 71.0 Å². The fourth-order valence-electron chi connectivity index (χ4n) is 1.57. The molecule has 0 aliphatic carbocycles. The molecular weight excluding hydrogens is 190 g/mol. The average molecular weight is 201 g/mol. The lowest BCUT2D eigenvalue weighted by Crippen LogP contribution is -1.86. The summed E-state index contributed by atoms with van der Waals surface area (Å²) in [6.07, 6.45) is 0. The van der Waals surface area contributed by atoms with Crippen LogP contribution in [-0.4, -0.2) is 12.2 Å². The van der Waals surface area contributed by atoms with Gasteiger partial charge in [0.05, 0.1) is 0 Å². The highest BCUT2D eigenvalue weighted by Gasteiger charge is 2.07. The van der Waals surface area contributed by atoms with E-state index in [0.29, 0.717) is 16.8 Å². The van der Waals surface area contributed by atoms with Gasteiger partial charge in [-0.05, 0) is 17.5 Å². The standard InChI is InChI=1S/C11H11N3O/c1-13-14-9-6-5-7-3-2-4-8(12)10(7)11(9)15/h2-6,15H,12H2,1H3. The summed E-state index contributed by atoms with van der Waals surface area (Å²) in [6, 6.07) is 9.05. The number of fused-ring (bicyclic) bond motifs is 1. The van der Waals surface area contributed by atoms with Crippen molar-refractivity contribution in [1.82, 2.24) is 0 Å². The van der Waals surface area contributed by atoms with Gasteiger partial charge in [-0.25, -0.2) is 0 Å². The molecule has 0 aliphatic rings. The van der Waals surface area contributed by atoms with Gasteiger partial charge in [0.25, 0.3) is 0 Å². The first-order valence-electron chi connectivity index (χ1n) is 4.54. The van der Waals surface area contributed by atoms with Gasteiger partial charge in [-0.1, -0.05) is 18.2 Å². The lowest BCUT2D eigenvalue weighted by molar-refractivity contribution is 0.483. The molecule has 0 aliphatic heterocycles. The Morgan fingerprint density at radius 3 is 2.73 bits per heavy atom. The summed E-state index contributed by atoms with van der Waals surface area (Å²) in [6.45, 7) is 0. The fourth-order valence-corrected chi connectivity index (χ4v) is 1.57. The molecule has 2 aromatic carbocycles. The molecule has 2 rings (SSSR count). The second kappa shape index (κ2) is 3.57. The normalized spacial score (nSPS) is 11.3. The van der Waals surface area contributed by atoms with E-state index in [1.807, 2.05) is 18.2 Å². The molecule has 0 radical (unpaired) electrons. The van der Waals surface area contributed by atoms with Gasteiger partial charge in [0.1, 0.15) is 5.69 Å². The molecule has 0 spiro atoms. The molecule has 15 heavy (non-hydrogen) atoms. The number of phenols is 1. The van der Waals surface area contributed by atoms with Crippen molar-refractivity contribution in [3.63, 3.8) is 0 Å². The number of hydrogen-bond acceptors (Lipinski definition) is 4. The summed E-state index contributed by atoms with van der Waals surface area (Å²) in [5, 5.41) is 18.9. The zero-order valence-electron chi connectivity index (χ0n) is 8.31. The highest BCUT2D eigenvalue weighted by atomic mass is 16.3. The van der Waals surface area contributed by atoms with Crippen LogP contribution in [0.25, 0.3) is 10.8 Å². The minimum absolute atomic E-state index is 0.0798. The minimum Gasteiger partial charge on any atom is -0.505 e. The van der Waals surface area contributed by atoms with E-state index < -0.39 is 0 Å². The van der Waals surface area contributed by atoms with Gasteiger partial charge in [-0.15, -0.1) is 0 Å². The summed E-state index contributed by atoms with van der Waals surface area (Å²) < 4.78 is 0. The van der Waals surface area contributed by atoms with Gasteiger partial charge in [-0.2, -0.15) is 10.2 Å². The summed E-state index contributed by atoms with van der Waals surface area (Å²) in [7, 11) is 1.55. The molecule has 0 aromatic heterocycles. The van der Waals surface area contributed by atoms with Crippen LogP contribution in [0.2, 0.25) is 0 Å². The Kier molecular flexibility index (Phi) is 2.25. The van der Waals surface area contributed by atoms with E-state index >= 15 is 0 Å². The van der Waals surface area contributed by atoms with E-state index in [4.69, 9.17) is 5.73 Å². The van der Waals surface area contributed by atoms with Crippen LogP contribution in [0.3, 0.4) is 0 Å². The van der Waals surface area contributed by atoms with Crippen molar-refractivity contribution in [3.8, 4) is 5.75 Å². The molecule has 0 bridgehead atoms. The Balaban J connectivity index is 2.82. The maximum Gasteiger partial charge on any atom is 0.152 e. The molecule has 0 fully saturated rings. The van der Waals surface area contributed by atoms with Crippen LogP contribution in [0, 0.1) is 0 Å². The second-order valence-electron chi connectivity index (χ2n) is 3.18. The zero-order chi connectivity index (χ0) is 10.8. The van der Waals surface area contributed by atoms with Crippen molar-refractivity contribution >= 4 is 22.1 Å². The predicted molar refractivity (Wildman–Crippen MR) is 60.5 cm³/mol. The first kappa shape index (κ1) is 9.45. The Labute approximate surface area is 87.1 Å². The van der Waals surface area contributed by atoms with Crippen molar-refractivity contribution in [2.24, 2.45) is 10.2 Å². The molecule has 4 heteroatoms. The van der Waals surface area contributed by atoms with Crippen LogP contribution < -0.4 is 5.73 Å². The van der Waals surface area contributed by atoms with Gasteiger partial charge in [0.15, 0.2) is 5.75 Å². The maximum atomic E-state index is 9.93. The highest BCUT2D eigenvalue weighted by molar-refractivity contribution is 6.00. The number of benzene rings is 2. The molecule has 0 saturated heterocycles. The SMILES string of the molecule is CN=Nc1ccc2cccc(N)c2c1O. The van der Waals surface area contributed by atoms with E-state index in [1.54, 1.807) is 19.2 Å². The molecule has 2 aromatic rings. The Bertz CT molecular complexity index is 535. The van der Waals surface area contributed by atoms with Crippen LogP contribution in [-0.2, 0) is 0 Å². The number of azo groups is 1. The number of anilines is 1. The van der Waals surface area contributed by atoms with Crippen molar-refractivity contribution < 1.29 is 5.11 Å². The maximum absolute atomic E-state index is 9.93. The van der Waals surface area contributed by atoms with Crippen LogP contribution >= 0.6 is 0 Å². The average Bonchev–Trinajstić information content (AvgIpc) is 2.22. The highest BCUT2D eigenvalue weighted by Crippen LogP contribution is 2.37. The van der Waals surface area contributed by atoms with Gasteiger partial charge >= 0.3 is 0 Å². The first-order chi connectivity index (χ1) is 7.24. The third-order valence-electron chi connectivity index (χ3n) is 2.24. The number of phenolic OH excluding ortho intramolecular Hbond substituents is 1. The van der Waals surface area contributed by atoms with Gasteiger partial charge in [0, 0.05) is 18.1 Å². The van der Waals surface area contributed by atoms with E-state index in [1.165, 1.54) is 0 Å². The van der Waals surface area contributed by atoms with Crippen LogP contribution in [0.5, 0.6) is 5.75 Å². The number of aromatic hydroxyl groups is 1. The van der Waals surface area contributed by atoms with Crippen LogP contribution in [0.4, 0.5) is 11.4 Å². The number of nitrogen functional groups attached to an aromatic ring is 1. The summed E-state index contributed by atoms with van der Waals surface area (Å²) in [5.41, 5.74) is 6.76. The summed E-state index contributed by atoms with van der Waals surface area (Å²) >= 11 is 0. The van der Waals surface area contributed by atoms with Gasteiger partial charge < -0.3 is 10.8 Å². The minimum atomic E-state index is 0.0798. The molecular formula is C11H11N3O. The molecule has 0 unspecified atom stereocenters. The van der Waals surface area contributed by atoms with E-state index in [0.717, 1.165) is 5.39 Å². The lowest BCUT2D eigenvalue weighted by Gasteiger charge is -2.05. The van der Waals surface area contributed by atoms with Crippen molar-refractivity contribution in [2.45, 2.75) is 0 Å². The molecule has 0 atom stereocenters. The van der Waals surface area contributed by atoms with E-state index in [2.05, 4.69) is 10.2 Å².